The molecule has 0 amide bonds. The van der Waals surface area contributed by atoms with Crippen LogP contribution >= 0.6 is 0 Å². The normalized spacial score (nSPS) is 13.1. The van der Waals surface area contributed by atoms with Crippen LogP contribution in [0.5, 0.6) is 0 Å². The number of rotatable bonds is 24. The van der Waals surface area contributed by atoms with Crippen LogP contribution in [0.25, 0.3) is 0 Å². The van der Waals surface area contributed by atoms with Gasteiger partial charge in [0.15, 0.2) is 0 Å². The van der Waals surface area contributed by atoms with Gasteiger partial charge in [-0.15, -0.1) is 0 Å². The molecule has 0 unspecified atom stereocenters. The highest BCUT2D eigenvalue weighted by Gasteiger charge is 2.38. The average molecular weight is 468 g/mol. The first-order valence-corrected chi connectivity index (χ1v) is 9.59. The zero-order valence-corrected chi connectivity index (χ0v) is 18.7. The van der Waals surface area contributed by atoms with E-state index in [1.165, 1.54) is 0 Å². The number of hydrogen-bond acceptors (Lipinski definition) is 10. The molecule has 0 aliphatic carbocycles. The Morgan fingerprint density at radius 2 is 0.424 bits per heavy atom. The fraction of sp³-hybridized carbons (Fsp3) is 0.652. The summed E-state index contributed by atoms with van der Waals surface area (Å²) in [6, 6.07) is 0. The fourth-order valence-electron chi connectivity index (χ4n) is 3.13. The molecule has 16 radical (unpaired) electrons. The first kappa shape index (κ1) is 32.6. The molecule has 0 aliphatic rings. The van der Waals surface area contributed by atoms with Gasteiger partial charge in [0.1, 0.15) is 56.9 Å². The number of ether oxygens (including phenoxy) is 10. The summed E-state index contributed by atoms with van der Waals surface area (Å²) in [6.45, 7) is -0.192. The van der Waals surface area contributed by atoms with E-state index in [1.54, 1.807) is 0 Å². The Bertz CT molecular complexity index is 375. The van der Waals surface area contributed by atoms with E-state index in [2.05, 4.69) is 0 Å². The van der Waals surface area contributed by atoms with Crippen molar-refractivity contribution >= 4 is 0 Å². The standard InChI is InChI=1S/C23H32O10/c1-24-9-21(10-25-2,11-26-3)17-32-19-23(15-30-7,16-31-8)20-33-18-22(12-27-4,13-28-5)14-29-6/h1-8H,9-20H2. The van der Waals surface area contributed by atoms with Crippen LogP contribution in [0.15, 0.2) is 0 Å². The van der Waals surface area contributed by atoms with Crippen molar-refractivity contribution in [3.8, 4) is 0 Å². The van der Waals surface area contributed by atoms with Gasteiger partial charge in [0.25, 0.3) is 0 Å². The Balaban J connectivity index is 5.34. The first-order valence-electron chi connectivity index (χ1n) is 9.59. The van der Waals surface area contributed by atoms with Crippen molar-refractivity contribution in [1.82, 2.24) is 0 Å². The summed E-state index contributed by atoms with van der Waals surface area (Å²) < 4.78 is 49.8. The van der Waals surface area contributed by atoms with Gasteiger partial charge in [-0.25, -0.2) is 0 Å². The van der Waals surface area contributed by atoms with Gasteiger partial charge in [-0.1, -0.05) is 0 Å². The predicted octanol–water partition coefficient (Wildman–Crippen LogP) is 1.46. The van der Waals surface area contributed by atoms with Crippen molar-refractivity contribution in [3.63, 3.8) is 0 Å². The quantitative estimate of drug-likeness (QED) is 0.207. The lowest BCUT2D eigenvalue weighted by molar-refractivity contribution is -0.133. The topological polar surface area (TPSA) is 92.3 Å². The molecular formula is C23H32O10. The summed E-state index contributed by atoms with van der Waals surface area (Å²) in [4.78, 5) is 0. The summed E-state index contributed by atoms with van der Waals surface area (Å²) in [5, 5.41) is 0. The van der Waals surface area contributed by atoms with E-state index in [-0.39, 0.29) is 79.3 Å². The molecule has 33 heavy (non-hydrogen) atoms. The lowest BCUT2D eigenvalue weighted by atomic mass is 9.89. The summed E-state index contributed by atoms with van der Waals surface area (Å²) >= 11 is 0. The van der Waals surface area contributed by atoms with E-state index < -0.39 is 16.2 Å². The van der Waals surface area contributed by atoms with Crippen LogP contribution in [0.4, 0.5) is 0 Å². The molecular weight excluding hydrogens is 436 g/mol. The van der Waals surface area contributed by atoms with Gasteiger partial charge in [-0.3, -0.25) is 0 Å². The van der Waals surface area contributed by atoms with Gasteiger partial charge in [0.05, 0.1) is 95.5 Å². The van der Waals surface area contributed by atoms with E-state index in [0.29, 0.717) is 0 Å². The molecule has 0 rings (SSSR count). The third kappa shape index (κ3) is 12.2. The van der Waals surface area contributed by atoms with Crippen molar-refractivity contribution in [1.29, 1.82) is 0 Å². The molecule has 0 saturated carbocycles. The second-order valence-electron chi connectivity index (χ2n) is 7.97. The van der Waals surface area contributed by atoms with Crippen LogP contribution < -0.4 is 0 Å². The van der Waals surface area contributed by atoms with Gasteiger partial charge >= 0.3 is 0 Å². The summed E-state index contributed by atoms with van der Waals surface area (Å²) in [5.41, 5.74) is -2.75. The van der Waals surface area contributed by atoms with E-state index in [9.17, 15) is 0 Å². The minimum absolute atomic E-state index is 0.00400. The molecule has 10 nitrogen and oxygen atoms in total. The maximum Gasteiger partial charge on any atom is 0.115 e. The second kappa shape index (κ2) is 18.9. The molecule has 0 fully saturated rings. The molecule has 0 N–H and O–H groups in total. The fourth-order valence-corrected chi connectivity index (χ4v) is 3.13. The Morgan fingerprint density at radius 3 is 0.576 bits per heavy atom. The average Bonchev–Trinajstić information content (AvgIpc) is 2.75. The van der Waals surface area contributed by atoms with Crippen LogP contribution in [0.2, 0.25) is 0 Å². The molecule has 0 heterocycles. The minimum atomic E-state index is -0.950. The van der Waals surface area contributed by atoms with Gasteiger partial charge in [-0.05, 0) is 0 Å². The molecule has 0 bridgehead atoms. The molecule has 0 aliphatic heterocycles. The monoisotopic (exact) mass is 468 g/mol. The maximum absolute atomic E-state index is 5.86. The molecule has 184 valence electrons. The van der Waals surface area contributed by atoms with E-state index in [1.807, 2.05) is 0 Å². The zero-order chi connectivity index (χ0) is 25.1. The highest BCUT2D eigenvalue weighted by Crippen LogP contribution is 2.27. The molecule has 0 aromatic rings. The van der Waals surface area contributed by atoms with E-state index >= 15 is 0 Å². The van der Waals surface area contributed by atoms with E-state index in [0.717, 1.165) is 0 Å². The van der Waals surface area contributed by atoms with E-state index in [4.69, 9.17) is 104 Å². The predicted molar refractivity (Wildman–Crippen MR) is 111 cm³/mol. The molecule has 0 aromatic carbocycles. The zero-order valence-electron chi connectivity index (χ0n) is 18.7. The molecule has 0 spiro atoms. The van der Waals surface area contributed by atoms with Crippen molar-refractivity contribution in [2.75, 3.05) is 79.3 Å². The third-order valence-electron chi connectivity index (χ3n) is 4.75. The SMILES string of the molecule is [CH]OCC(CO[CH])(CO[CH])COCC(CO[CH])(CO[CH])COCC(CO[CH])(CO[CH])CO[CH]. The Hall–Kier alpha value is -0.400. The highest BCUT2D eigenvalue weighted by atomic mass is 16.5. The maximum atomic E-state index is 5.86. The molecule has 0 aromatic heterocycles. The van der Waals surface area contributed by atoms with Crippen molar-refractivity contribution in [3.05, 3.63) is 56.9 Å². The Labute approximate surface area is 200 Å². The third-order valence-corrected chi connectivity index (χ3v) is 4.75. The van der Waals surface area contributed by atoms with Gasteiger partial charge in [0.2, 0.25) is 0 Å². The summed E-state index contributed by atoms with van der Waals surface area (Å²) in [5.74, 6) is 0. The van der Waals surface area contributed by atoms with Gasteiger partial charge < -0.3 is 47.4 Å². The molecule has 10 heteroatoms. The lowest BCUT2D eigenvalue weighted by Gasteiger charge is -2.37. The van der Waals surface area contributed by atoms with Crippen LogP contribution in [0, 0.1) is 73.1 Å². The van der Waals surface area contributed by atoms with Crippen molar-refractivity contribution < 1.29 is 47.4 Å². The second-order valence-corrected chi connectivity index (χ2v) is 7.97. The minimum Gasteiger partial charge on any atom is -0.380 e. The smallest absolute Gasteiger partial charge is 0.115 e. The summed E-state index contributed by atoms with van der Waals surface area (Å²) in [7, 11) is 41.9. The van der Waals surface area contributed by atoms with Crippen LogP contribution in [-0.4, -0.2) is 79.3 Å². The van der Waals surface area contributed by atoms with Crippen LogP contribution in [0.3, 0.4) is 0 Å². The first-order chi connectivity index (χ1) is 15.9. The largest absolute Gasteiger partial charge is 0.380 e. The summed E-state index contributed by atoms with van der Waals surface area (Å²) in [6.07, 6.45) is 0. The lowest BCUT2D eigenvalue weighted by Crippen LogP contribution is -2.46. The van der Waals surface area contributed by atoms with Crippen LogP contribution in [-0.2, 0) is 47.4 Å². The molecule has 0 saturated heterocycles. The van der Waals surface area contributed by atoms with Crippen molar-refractivity contribution in [2.45, 2.75) is 0 Å². The van der Waals surface area contributed by atoms with Gasteiger partial charge in [0, 0.05) is 0 Å². The van der Waals surface area contributed by atoms with Crippen molar-refractivity contribution in [2.24, 2.45) is 16.2 Å². The number of hydrogen-bond donors (Lipinski definition) is 0. The Kier molecular flexibility index (Phi) is 18.6. The molecule has 0 atom stereocenters. The van der Waals surface area contributed by atoms with Gasteiger partial charge in [-0.2, -0.15) is 0 Å². The van der Waals surface area contributed by atoms with Crippen LogP contribution in [0.1, 0.15) is 0 Å². The Morgan fingerprint density at radius 1 is 0.273 bits per heavy atom. The highest BCUT2D eigenvalue weighted by molar-refractivity contribution is 4.85.